The summed E-state index contributed by atoms with van der Waals surface area (Å²) in [6, 6.07) is 16.4. The van der Waals surface area contributed by atoms with Crippen LogP contribution in [0.4, 0.5) is 22.0 Å². The number of nitrogens with one attached hydrogen (secondary N) is 2. The number of amides is 1. The first-order valence-electron chi connectivity index (χ1n) is 13.3. The summed E-state index contributed by atoms with van der Waals surface area (Å²) in [5.41, 5.74) is 5.41. The summed E-state index contributed by atoms with van der Waals surface area (Å²) in [6.07, 6.45) is 5.16. The van der Waals surface area contributed by atoms with Crippen molar-refractivity contribution in [1.29, 1.82) is 0 Å². The molecular weight excluding hydrogens is 508 g/mol. The maximum atomic E-state index is 12.5. The van der Waals surface area contributed by atoms with Crippen molar-refractivity contribution in [3.8, 4) is 0 Å². The molecule has 2 N–H and O–H groups in total. The smallest absolute Gasteiger partial charge is 0.411 e. The lowest BCUT2D eigenvalue weighted by molar-refractivity contribution is -0.0369. The third-order valence-corrected chi connectivity index (χ3v) is 6.75. The molecule has 1 unspecified atom stereocenters. The fourth-order valence-corrected chi connectivity index (χ4v) is 4.46. The average Bonchev–Trinajstić information content (AvgIpc) is 3.52. The number of benzene rings is 2. The first-order valence-corrected chi connectivity index (χ1v) is 13.3. The molecule has 11 heteroatoms. The summed E-state index contributed by atoms with van der Waals surface area (Å²) < 4.78 is 14.6. The van der Waals surface area contributed by atoms with Crippen LogP contribution in [-0.2, 0) is 22.4 Å². The summed E-state index contributed by atoms with van der Waals surface area (Å²) in [6.45, 7) is 5.11. The number of aryl methyl sites for hydroxylation is 1. The normalized spacial score (nSPS) is 12.2. The molecule has 2 aromatic carbocycles. The Morgan fingerprint density at radius 1 is 1.10 bits per heavy atom. The van der Waals surface area contributed by atoms with Gasteiger partial charge < -0.3 is 14.8 Å². The van der Waals surface area contributed by atoms with E-state index in [0.29, 0.717) is 31.1 Å². The van der Waals surface area contributed by atoms with Gasteiger partial charge in [-0.3, -0.25) is 14.9 Å². The van der Waals surface area contributed by atoms with Gasteiger partial charge in [-0.05, 0) is 51.2 Å². The molecule has 0 saturated heterocycles. The number of hydrogen-bond donors (Lipinski definition) is 2. The zero-order valence-corrected chi connectivity index (χ0v) is 23.2. The molecule has 0 bridgehead atoms. The Labute approximate surface area is 232 Å². The number of carbonyl (C=O) groups excluding carboxylic acids is 1. The molecule has 0 aliphatic carbocycles. The minimum absolute atomic E-state index is 0.0641. The van der Waals surface area contributed by atoms with Crippen molar-refractivity contribution in [2.75, 3.05) is 37.9 Å². The molecule has 1 atom stereocenters. The maximum absolute atomic E-state index is 12.5. The second kappa shape index (κ2) is 12.1. The van der Waals surface area contributed by atoms with Crippen LogP contribution in [0.3, 0.4) is 0 Å². The molecule has 5 rings (SSSR count). The van der Waals surface area contributed by atoms with E-state index in [1.165, 1.54) is 11.9 Å². The molecule has 0 spiro atoms. The largest absolute Gasteiger partial charge is 0.447 e. The number of aromatic nitrogens is 5. The highest BCUT2D eigenvalue weighted by Crippen LogP contribution is 2.30. The molecule has 0 aliphatic heterocycles. The highest BCUT2D eigenvalue weighted by atomic mass is 16.6. The Hall–Kier alpha value is -4.48. The van der Waals surface area contributed by atoms with E-state index in [1.807, 2.05) is 74.1 Å². The van der Waals surface area contributed by atoms with E-state index in [2.05, 4.69) is 44.0 Å². The van der Waals surface area contributed by atoms with Crippen LogP contribution in [0.15, 0.2) is 67.3 Å². The third-order valence-electron chi connectivity index (χ3n) is 6.75. The second-order valence-corrected chi connectivity index (χ2v) is 9.66. The predicted molar refractivity (Wildman–Crippen MR) is 155 cm³/mol. The standard InChI is InChI=1S/C29H34N8O3/c1-5-24-25(34-29(38)40-14-13-39-20(2)35(3)4)18-37-27(24)28(30-19-32-37)33-23-11-12-26-22(15-23)16-31-36(26)17-21-9-7-6-8-10-21/h6-12,15-16,18-20H,5,13-14,17H2,1-4H3,(H,34,38)(H,30,32,33). The summed E-state index contributed by atoms with van der Waals surface area (Å²) >= 11 is 0. The third kappa shape index (κ3) is 6.05. The minimum Gasteiger partial charge on any atom is -0.447 e. The quantitative estimate of drug-likeness (QED) is 0.179. The van der Waals surface area contributed by atoms with Crippen LogP contribution < -0.4 is 10.6 Å². The fourth-order valence-electron chi connectivity index (χ4n) is 4.46. The Morgan fingerprint density at radius 2 is 1.93 bits per heavy atom. The van der Waals surface area contributed by atoms with Crippen molar-refractivity contribution in [2.45, 2.75) is 33.0 Å². The van der Waals surface area contributed by atoms with E-state index < -0.39 is 6.09 Å². The lowest BCUT2D eigenvalue weighted by Gasteiger charge is -2.19. The Bertz CT molecular complexity index is 1600. The van der Waals surface area contributed by atoms with Crippen molar-refractivity contribution in [1.82, 2.24) is 29.3 Å². The van der Waals surface area contributed by atoms with Crippen molar-refractivity contribution in [2.24, 2.45) is 0 Å². The Morgan fingerprint density at radius 3 is 2.70 bits per heavy atom. The summed E-state index contributed by atoms with van der Waals surface area (Å²) in [4.78, 5) is 18.9. The highest BCUT2D eigenvalue weighted by Gasteiger charge is 2.18. The zero-order chi connectivity index (χ0) is 28.1. The van der Waals surface area contributed by atoms with Gasteiger partial charge in [0.1, 0.15) is 24.7 Å². The Balaban J connectivity index is 1.31. The van der Waals surface area contributed by atoms with Crippen molar-refractivity contribution in [3.63, 3.8) is 0 Å². The van der Waals surface area contributed by atoms with Gasteiger partial charge in [0.2, 0.25) is 0 Å². The van der Waals surface area contributed by atoms with E-state index >= 15 is 0 Å². The van der Waals surface area contributed by atoms with Gasteiger partial charge in [0.15, 0.2) is 5.82 Å². The summed E-state index contributed by atoms with van der Waals surface area (Å²) in [7, 11) is 3.85. The van der Waals surface area contributed by atoms with E-state index in [9.17, 15) is 4.79 Å². The van der Waals surface area contributed by atoms with Crippen LogP contribution in [0, 0.1) is 0 Å². The van der Waals surface area contributed by atoms with Gasteiger partial charge in [0.05, 0.1) is 36.7 Å². The van der Waals surface area contributed by atoms with Gasteiger partial charge >= 0.3 is 6.09 Å². The van der Waals surface area contributed by atoms with Gasteiger partial charge in [-0.15, -0.1) is 0 Å². The number of rotatable bonds is 11. The molecule has 1 amide bonds. The number of carbonyl (C=O) groups is 1. The molecule has 0 saturated carbocycles. The lowest BCUT2D eigenvalue weighted by Crippen LogP contribution is -2.29. The topological polar surface area (TPSA) is 111 Å². The number of hydrogen-bond acceptors (Lipinski definition) is 8. The lowest BCUT2D eigenvalue weighted by atomic mass is 10.2. The molecule has 0 aliphatic rings. The van der Waals surface area contributed by atoms with E-state index in [4.69, 9.17) is 9.47 Å². The van der Waals surface area contributed by atoms with Gasteiger partial charge in [-0.2, -0.15) is 10.2 Å². The molecule has 0 fully saturated rings. The van der Waals surface area contributed by atoms with E-state index in [0.717, 1.165) is 27.7 Å². The van der Waals surface area contributed by atoms with Gasteiger partial charge in [0, 0.05) is 16.6 Å². The fraction of sp³-hybridized carbons (Fsp3) is 0.310. The molecule has 3 aromatic heterocycles. The van der Waals surface area contributed by atoms with Gasteiger partial charge in [-0.25, -0.2) is 14.3 Å². The minimum atomic E-state index is -0.549. The van der Waals surface area contributed by atoms with E-state index in [-0.39, 0.29) is 12.8 Å². The van der Waals surface area contributed by atoms with Crippen LogP contribution in [-0.4, -0.2) is 68.9 Å². The molecule has 40 heavy (non-hydrogen) atoms. The molecular formula is C29H34N8O3. The van der Waals surface area contributed by atoms with Gasteiger partial charge in [0.25, 0.3) is 0 Å². The molecule has 0 radical (unpaired) electrons. The van der Waals surface area contributed by atoms with E-state index in [1.54, 1.807) is 10.7 Å². The van der Waals surface area contributed by atoms with Crippen LogP contribution in [0.2, 0.25) is 0 Å². The monoisotopic (exact) mass is 542 g/mol. The molecule has 11 nitrogen and oxygen atoms in total. The molecule has 3 heterocycles. The first-order chi connectivity index (χ1) is 19.4. The molecule has 208 valence electrons. The SMILES string of the molecule is CCc1c(NC(=O)OCCOC(C)N(C)C)cn2ncnc(Nc3ccc4c(cnn4Cc4ccccc4)c3)c12. The van der Waals surface area contributed by atoms with Crippen LogP contribution in [0.25, 0.3) is 16.4 Å². The van der Waals surface area contributed by atoms with Crippen molar-refractivity contribution >= 4 is 39.7 Å². The number of anilines is 3. The summed E-state index contributed by atoms with van der Waals surface area (Å²) in [5.74, 6) is 0.635. The van der Waals surface area contributed by atoms with Gasteiger partial charge in [-0.1, -0.05) is 37.3 Å². The average molecular weight is 543 g/mol. The van der Waals surface area contributed by atoms with Crippen molar-refractivity contribution < 1.29 is 14.3 Å². The highest BCUT2D eigenvalue weighted by molar-refractivity contribution is 5.91. The van der Waals surface area contributed by atoms with Crippen molar-refractivity contribution in [3.05, 3.63) is 78.4 Å². The van der Waals surface area contributed by atoms with Crippen LogP contribution in [0.1, 0.15) is 25.0 Å². The maximum Gasteiger partial charge on any atom is 0.411 e. The number of nitrogens with zero attached hydrogens (tertiary/aromatic N) is 6. The summed E-state index contributed by atoms with van der Waals surface area (Å²) in [5, 5.41) is 16.2. The first kappa shape index (κ1) is 27.1. The second-order valence-electron chi connectivity index (χ2n) is 9.66. The molecule has 5 aromatic rings. The number of ether oxygens (including phenoxy) is 2. The Kier molecular flexibility index (Phi) is 8.23. The van der Waals surface area contributed by atoms with Crippen LogP contribution >= 0.6 is 0 Å². The number of fused-ring (bicyclic) bond motifs is 2. The van der Waals surface area contributed by atoms with Crippen LogP contribution in [0.5, 0.6) is 0 Å². The predicted octanol–water partition coefficient (Wildman–Crippen LogP) is 4.91. The zero-order valence-electron chi connectivity index (χ0n) is 23.2.